The second kappa shape index (κ2) is 7.70. The van der Waals surface area contributed by atoms with Gasteiger partial charge in [0.25, 0.3) is 5.91 Å². The molecular formula is C15H16N2O4. The number of aromatic carboxylic acids is 1. The Kier molecular flexibility index (Phi) is 5.96. The molecule has 3 N–H and O–H groups in total. The third-order valence-corrected chi connectivity index (χ3v) is 2.74. The summed E-state index contributed by atoms with van der Waals surface area (Å²) in [6.07, 6.45) is 3.04. The van der Waals surface area contributed by atoms with E-state index in [-0.39, 0.29) is 11.1 Å². The molecule has 21 heavy (non-hydrogen) atoms. The van der Waals surface area contributed by atoms with Crippen LogP contribution in [0.1, 0.15) is 35.7 Å². The van der Waals surface area contributed by atoms with Gasteiger partial charge in [-0.25, -0.2) is 4.79 Å². The predicted octanol–water partition coefficient (Wildman–Crippen LogP) is 1.91. The molecule has 1 aromatic rings. The summed E-state index contributed by atoms with van der Waals surface area (Å²) in [5.41, 5.74) is 0.0336. The predicted molar refractivity (Wildman–Crippen MR) is 76.6 cm³/mol. The van der Waals surface area contributed by atoms with Gasteiger partial charge in [0.05, 0.1) is 0 Å². The molecule has 0 atom stereocenters. The number of carbonyl (C=O) groups excluding carboxylic acids is 1. The van der Waals surface area contributed by atoms with E-state index >= 15 is 0 Å². The number of nitrogens with zero attached hydrogens (tertiary/aromatic N) is 1. The molecule has 1 amide bonds. The van der Waals surface area contributed by atoms with Gasteiger partial charge < -0.3 is 15.5 Å². The average molecular weight is 288 g/mol. The monoisotopic (exact) mass is 288 g/mol. The van der Waals surface area contributed by atoms with Crippen LogP contribution >= 0.6 is 0 Å². The Morgan fingerprint density at radius 3 is 2.67 bits per heavy atom. The highest BCUT2D eigenvalue weighted by Gasteiger charge is 2.11. The fourth-order valence-electron chi connectivity index (χ4n) is 1.61. The summed E-state index contributed by atoms with van der Waals surface area (Å²) < 4.78 is 0. The van der Waals surface area contributed by atoms with E-state index in [0.29, 0.717) is 12.1 Å². The normalized spacial score (nSPS) is 10.8. The maximum absolute atomic E-state index is 11.8. The standard InChI is InChI=1S/C15H16N2O4/c1-2-3-6-17-14(19)11(9-16)7-10-4-5-12(15(20)21)13(18)8-10/h4-5,7-8,18H,2-3,6H2,1H3,(H,17,19)(H,20,21). The van der Waals surface area contributed by atoms with Crippen molar-refractivity contribution < 1.29 is 19.8 Å². The minimum absolute atomic E-state index is 0.103. The third kappa shape index (κ3) is 4.66. The van der Waals surface area contributed by atoms with Gasteiger partial charge in [0, 0.05) is 6.54 Å². The second-order valence-electron chi connectivity index (χ2n) is 4.36. The molecule has 0 heterocycles. The summed E-state index contributed by atoms with van der Waals surface area (Å²) in [7, 11) is 0. The van der Waals surface area contributed by atoms with E-state index in [9.17, 15) is 14.7 Å². The van der Waals surface area contributed by atoms with E-state index in [1.165, 1.54) is 24.3 Å². The van der Waals surface area contributed by atoms with Crippen LogP contribution < -0.4 is 5.32 Å². The van der Waals surface area contributed by atoms with E-state index in [2.05, 4.69) is 5.32 Å². The molecule has 0 aliphatic carbocycles. The molecule has 0 saturated heterocycles. The van der Waals surface area contributed by atoms with Crippen molar-refractivity contribution in [1.29, 1.82) is 5.26 Å². The highest BCUT2D eigenvalue weighted by atomic mass is 16.4. The molecule has 0 saturated carbocycles. The summed E-state index contributed by atoms with van der Waals surface area (Å²) >= 11 is 0. The van der Waals surface area contributed by atoms with Crippen LogP contribution in [0.3, 0.4) is 0 Å². The SMILES string of the molecule is CCCCNC(=O)C(C#N)=Cc1ccc(C(=O)O)c(O)c1. The molecule has 0 bridgehead atoms. The van der Waals surface area contributed by atoms with Crippen molar-refractivity contribution in [3.8, 4) is 11.8 Å². The number of amides is 1. The number of carboxylic acid groups (broad SMARTS) is 1. The molecule has 0 fully saturated rings. The lowest BCUT2D eigenvalue weighted by Crippen LogP contribution is -2.25. The van der Waals surface area contributed by atoms with Crippen molar-refractivity contribution in [2.24, 2.45) is 0 Å². The Labute approximate surface area is 122 Å². The first-order valence-corrected chi connectivity index (χ1v) is 6.46. The molecular weight excluding hydrogens is 272 g/mol. The van der Waals surface area contributed by atoms with Crippen LogP contribution in [0.4, 0.5) is 0 Å². The molecule has 6 heteroatoms. The van der Waals surface area contributed by atoms with Crippen molar-refractivity contribution in [2.45, 2.75) is 19.8 Å². The first kappa shape index (κ1) is 16.2. The van der Waals surface area contributed by atoms with E-state index < -0.39 is 17.6 Å². The van der Waals surface area contributed by atoms with Crippen LogP contribution in [0, 0.1) is 11.3 Å². The highest BCUT2D eigenvalue weighted by molar-refractivity contribution is 6.01. The number of hydrogen-bond acceptors (Lipinski definition) is 4. The molecule has 110 valence electrons. The van der Waals surface area contributed by atoms with Gasteiger partial charge in [-0.1, -0.05) is 19.4 Å². The van der Waals surface area contributed by atoms with Crippen LogP contribution in [0.5, 0.6) is 5.75 Å². The number of nitriles is 1. The summed E-state index contributed by atoms with van der Waals surface area (Å²) in [6.45, 7) is 2.47. The van der Waals surface area contributed by atoms with Crippen LogP contribution in [0.25, 0.3) is 6.08 Å². The second-order valence-corrected chi connectivity index (χ2v) is 4.36. The quantitative estimate of drug-likeness (QED) is 0.421. The van der Waals surface area contributed by atoms with Gasteiger partial charge >= 0.3 is 5.97 Å². The van der Waals surface area contributed by atoms with Gasteiger partial charge in [-0.15, -0.1) is 0 Å². The Morgan fingerprint density at radius 1 is 1.43 bits per heavy atom. The first-order valence-electron chi connectivity index (χ1n) is 6.46. The van der Waals surface area contributed by atoms with E-state index in [4.69, 9.17) is 10.4 Å². The Bertz CT molecular complexity index is 615. The zero-order valence-electron chi connectivity index (χ0n) is 11.6. The van der Waals surface area contributed by atoms with Gasteiger partial charge in [0.2, 0.25) is 0 Å². The van der Waals surface area contributed by atoms with Crippen LogP contribution in [0.15, 0.2) is 23.8 Å². The highest BCUT2D eigenvalue weighted by Crippen LogP contribution is 2.20. The minimum atomic E-state index is -1.25. The fourth-order valence-corrected chi connectivity index (χ4v) is 1.61. The third-order valence-electron chi connectivity index (χ3n) is 2.74. The maximum atomic E-state index is 11.8. The summed E-state index contributed by atoms with van der Waals surface area (Å²) in [4.78, 5) is 22.5. The van der Waals surface area contributed by atoms with Gasteiger partial charge in [-0.2, -0.15) is 5.26 Å². The largest absolute Gasteiger partial charge is 0.507 e. The molecule has 6 nitrogen and oxygen atoms in total. The summed E-state index contributed by atoms with van der Waals surface area (Å²) in [5, 5.41) is 30.0. The zero-order valence-corrected chi connectivity index (χ0v) is 11.6. The Hall–Kier alpha value is -2.81. The molecule has 1 aromatic carbocycles. The number of rotatable bonds is 6. The van der Waals surface area contributed by atoms with Crippen molar-refractivity contribution in [2.75, 3.05) is 6.54 Å². The van der Waals surface area contributed by atoms with Gasteiger partial charge in [0.15, 0.2) is 0 Å². The van der Waals surface area contributed by atoms with Gasteiger partial charge in [0.1, 0.15) is 23.0 Å². The first-order chi connectivity index (χ1) is 9.99. The molecule has 0 aliphatic rings. The van der Waals surface area contributed by atoms with Crippen LogP contribution in [-0.4, -0.2) is 28.6 Å². The fraction of sp³-hybridized carbons (Fsp3) is 0.267. The van der Waals surface area contributed by atoms with Gasteiger partial charge in [-0.3, -0.25) is 4.79 Å². The topological polar surface area (TPSA) is 110 Å². The lowest BCUT2D eigenvalue weighted by molar-refractivity contribution is -0.117. The number of phenols is 1. The number of carboxylic acids is 1. The van der Waals surface area contributed by atoms with E-state index in [0.717, 1.165) is 12.8 Å². The van der Waals surface area contributed by atoms with Crippen LogP contribution in [-0.2, 0) is 4.79 Å². The van der Waals surface area contributed by atoms with Gasteiger partial charge in [-0.05, 0) is 30.2 Å². The number of carbonyl (C=O) groups is 2. The van der Waals surface area contributed by atoms with E-state index in [1.807, 2.05) is 6.92 Å². The molecule has 0 aliphatic heterocycles. The van der Waals surface area contributed by atoms with Crippen molar-refractivity contribution in [3.63, 3.8) is 0 Å². The Balaban J connectivity index is 2.93. The van der Waals surface area contributed by atoms with Crippen molar-refractivity contribution >= 4 is 18.0 Å². The number of nitrogens with one attached hydrogen (secondary N) is 1. The maximum Gasteiger partial charge on any atom is 0.339 e. The lowest BCUT2D eigenvalue weighted by Gasteiger charge is -2.04. The van der Waals surface area contributed by atoms with E-state index in [1.54, 1.807) is 6.07 Å². The smallest absolute Gasteiger partial charge is 0.339 e. The van der Waals surface area contributed by atoms with Crippen molar-refractivity contribution in [1.82, 2.24) is 5.32 Å². The molecule has 0 radical (unpaired) electrons. The number of hydrogen-bond donors (Lipinski definition) is 3. The Morgan fingerprint density at radius 2 is 2.14 bits per heavy atom. The average Bonchev–Trinajstić information content (AvgIpc) is 2.44. The zero-order chi connectivity index (χ0) is 15.8. The molecule has 0 aromatic heterocycles. The van der Waals surface area contributed by atoms with Crippen molar-refractivity contribution in [3.05, 3.63) is 34.9 Å². The number of aromatic hydroxyl groups is 1. The lowest BCUT2D eigenvalue weighted by atomic mass is 10.1. The molecule has 1 rings (SSSR count). The van der Waals surface area contributed by atoms with Crippen LogP contribution in [0.2, 0.25) is 0 Å². The summed E-state index contributed by atoms with van der Waals surface area (Å²) in [6, 6.07) is 5.61. The molecule has 0 spiro atoms. The number of benzene rings is 1. The summed E-state index contributed by atoms with van der Waals surface area (Å²) in [5.74, 6) is -2.16. The number of unbranched alkanes of at least 4 members (excludes halogenated alkanes) is 1. The molecule has 0 unspecified atom stereocenters. The minimum Gasteiger partial charge on any atom is -0.507 e.